The van der Waals surface area contributed by atoms with Crippen LogP contribution in [0.2, 0.25) is 5.02 Å². The van der Waals surface area contributed by atoms with Gasteiger partial charge in [-0.05, 0) is 50.2 Å². The molecule has 0 saturated carbocycles. The van der Waals surface area contributed by atoms with Crippen molar-refractivity contribution in [2.45, 2.75) is 20.4 Å². The van der Waals surface area contributed by atoms with E-state index in [9.17, 15) is 19.2 Å². The fraction of sp³-hybridized carbons (Fsp3) is 0.115. The summed E-state index contributed by atoms with van der Waals surface area (Å²) in [6, 6.07) is 16.2. The van der Waals surface area contributed by atoms with E-state index in [-0.39, 0.29) is 28.8 Å². The molecule has 34 heavy (non-hydrogen) atoms. The summed E-state index contributed by atoms with van der Waals surface area (Å²) in [6.45, 7) is 3.01. The number of amides is 1. The molecule has 1 N–H and O–H groups in total. The summed E-state index contributed by atoms with van der Waals surface area (Å²) in [5.74, 6) is -1.03. The van der Waals surface area contributed by atoms with Gasteiger partial charge >= 0.3 is 0 Å². The van der Waals surface area contributed by atoms with Crippen LogP contribution in [-0.4, -0.2) is 27.0 Å². The van der Waals surface area contributed by atoms with Crippen LogP contribution in [0.3, 0.4) is 0 Å². The van der Waals surface area contributed by atoms with Gasteiger partial charge in [-0.25, -0.2) is 4.98 Å². The Morgan fingerprint density at radius 2 is 1.74 bits per heavy atom. The highest BCUT2D eigenvalue weighted by Gasteiger charge is 2.19. The molecule has 4 rings (SSSR count). The van der Waals surface area contributed by atoms with Crippen LogP contribution < -0.4 is 10.7 Å². The summed E-state index contributed by atoms with van der Waals surface area (Å²) in [7, 11) is 0. The van der Waals surface area contributed by atoms with Crippen molar-refractivity contribution in [3.05, 3.63) is 104 Å². The molecule has 0 saturated heterocycles. The number of halogens is 1. The van der Waals surface area contributed by atoms with E-state index in [4.69, 9.17) is 11.6 Å². The van der Waals surface area contributed by atoms with Crippen molar-refractivity contribution in [3.8, 4) is 0 Å². The zero-order chi connectivity index (χ0) is 24.4. The average Bonchev–Trinajstić information content (AvgIpc) is 2.80. The molecular formula is C26H20ClN3O4. The number of ketones is 2. The molecule has 4 aromatic rings. The molecule has 0 bridgehead atoms. The first kappa shape index (κ1) is 23.1. The normalized spacial score (nSPS) is 10.8. The summed E-state index contributed by atoms with van der Waals surface area (Å²) >= 11 is 6.02. The number of nitrogens with one attached hydrogen (secondary N) is 1. The van der Waals surface area contributed by atoms with Crippen LogP contribution in [0.25, 0.3) is 11.0 Å². The third-order valence-corrected chi connectivity index (χ3v) is 5.49. The van der Waals surface area contributed by atoms with Crippen molar-refractivity contribution in [1.29, 1.82) is 0 Å². The van der Waals surface area contributed by atoms with Gasteiger partial charge in [0.05, 0.1) is 10.9 Å². The number of carbonyl (C=O) groups is 3. The van der Waals surface area contributed by atoms with Gasteiger partial charge in [-0.15, -0.1) is 0 Å². The van der Waals surface area contributed by atoms with Crippen molar-refractivity contribution in [2.75, 3.05) is 5.32 Å². The van der Waals surface area contributed by atoms with Gasteiger partial charge in [0.15, 0.2) is 11.6 Å². The third kappa shape index (κ3) is 4.79. The molecule has 170 valence electrons. The van der Waals surface area contributed by atoms with Crippen LogP contribution in [0.5, 0.6) is 0 Å². The monoisotopic (exact) mass is 473 g/mol. The van der Waals surface area contributed by atoms with Gasteiger partial charge in [0, 0.05) is 33.7 Å². The molecule has 0 atom stereocenters. The van der Waals surface area contributed by atoms with Crippen LogP contribution in [-0.2, 0) is 11.3 Å². The molecule has 0 aliphatic carbocycles. The number of Topliss-reactive ketones (excluding diaryl/α,β-unsaturated/α-hetero) is 1. The van der Waals surface area contributed by atoms with E-state index in [0.717, 1.165) is 0 Å². The maximum Gasteiger partial charge on any atom is 0.244 e. The molecule has 0 spiro atoms. The van der Waals surface area contributed by atoms with E-state index in [1.807, 2.05) is 0 Å². The number of rotatable bonds is 6. The molecule has 0 unspecified atom stereocenters. The van der Waals surface area contributed by atoms with Crippen molar-refractivity contribution in [1.82, 2.24) is 9.55 Å². The quantitative estimate of drug-likeness (QED) is 0.418. The first-order chi connectivity index (χ1) is 16.2. The summed E-state index contributed by atoms with van der Waals surface area (Å²) in [6.07, 6.45) is 1.35. The Labute approximate surface area is 200 Å². The smallest absolute Gasteiger partial charge is 0.244 e. The SMILES string of the molecule is CC(=O)c1cccc(NC(=O)Cn2cc(C(=O)c3cccc(Cl)c3)c(=O)c3ccc(C)nc32)c1. The lowest BCUT2D eigenvalue weighted by Gasteiger charge is -2.13. The number of benzene rings is 2. The number of aryl methyl sites for hydroxylation is 1. The molecule has 0 aliphatic heterocycles. The number of carbonyl (C=O) groups excluding carboxylic acids is 3. The number of hydrogen-bond acceptors (Lipinski definition) is 5. The first-order valence-corrected chi connectivity index (χ1v) is 10.8. The van der Waals surface area contributed by atoms with Crippen LogP contribution in [0.15, 0.2) is 71.7 Å². The molecule has 7 nitrogen and oxygen atoms in total. The standard InChI is InChI=1S/C26H20ClN3O4/c1-15-9-10-21-25(34)22(24(33)18-6-3-7-19(27)11-18)13-30(26(21)28-15)14-23(32)29-20-8-4-5-17(12-20)16(2)31/h3-13H,14H2,1-2H3,(H,29,32). The van der Waals surface area contributed by atoms with Crippen molar-refractivity contribution in [3.63, 3.8) is 0 Å². The Morgan fingerprint density at radius 1 is 1.00 bits per heavy atom. The van der Waals surface area contributed by atoms with Gasteiger partial charge in [-0.1, -0.05) is 35.9 Å². The molecule has 0 radical (unpaired) electrons. The van der Waals surface area contributed by atoms with Gasteiger partial charge in [-0.3, -0.25) is 19.2 Å². The minimum absolute atomic E-state index is 0.0909. The second-order valence-corrected chi connectivity index (χ2v) is 8.28. The van der Waals surface area contributed by atoms with Crippen molar-refractivity contribution < 1.29 is 14.4 Å². The molecule has 1 amide bonds. The first-order valence-electron chi connectivity index (χ1n) is 10.4. The Bertz CT molecular complexity index is 1520. The topological polar surface area (TPSA) is 98.1 Å². The Morgan fingerprint density at radius 3 is 2.47 bits per heavy atom. The second-order valence-electron chi connectivity index (χ2n) is 7.85. The van der Waals surface area contributed by atoms with Gasteiger partial charge in [0.2, 0.25) is 11.3 Å². The molecule has 2 aromatic heterocycles. The van der Waals surface area contributed by atoms with E-state index in [0.29, 0.717) is 27.6 Å². The van der Waals surface area contributed by atoms with Gasteiger partial charge in [-0.2, -0.15) is 0 Å². The number of aromatic nitrogens is 2. The molecular weight excluding hydrogens is 454 g/mol. The fourth-order valence-corrected chi connectivity index (χ4v) is 3.79. The summed E-state index contributed by atoms with van der Waals surface area (Å²) < 4.78 is 1.48. The number of anilines is 1. The zero-order valence-electron chi connectivity index (χ0n) is 18.5. The maximum atomic E-state index is 13.1. The van der Waals surface area contributed by atoms with Gasteiger partial charge in [0.1, 0.15) is 12.2 Å². The second kappa shape index (κ2) is 9.41. The minimum atomic E-state index is -0.502. The van der Waals surface area contributed by atoms with E-state index in [2.05, 4.69) is 10.3 Å². The molecule has 2 heterocycles. The molecule has 0 aliphatic rings. The number of pyridine rings is 2. The number of nitrogens with zero attached hydrogens (tertiary/aromatic N) is 2. The van der Waals surface area contributed by atoms with Gasteiger partial charge in [0.25, 0.3) is 0 Å². The summed E-state index contributed by atoms with van der Waals surface area (Å²) in [4.78, 5) is 55.2. The fourth-order valence-electron chi connectivity index (χ4n) is 3.60. The zero-order valence-corrected chi connectivity index (χ0v) is 19.2. The largest absolute Gasteiger partial charge is 0.325 e. The highest BCUT2D eigenvalue weighted by Crippen LogP contribution is 2.17. The average molecular weight is 474 g/mol. The molecule has 0 fully saturated rings. The lowest BCUT2D eigenvalue weighted by molar-refractivity contribution is -0.116. The van der Waals surface area contributed by atoms with Crippen LogP contribution in [0.1, 0.15) is 38.9 Å². The van der Waals surface area contributed by atoms with E-state index < -0.39 is 17.1 Å². The highest BCUT2D eigenvalue weighted by molar-refractivity contribution is 6.31. The van der Waals surface area contributed by atoms with Gasteiger partial charge < -0.3 is 9.88 Å². The van der Waals surface area contributed by atoms with E-state index in [1.54, 1.807) is 61.5 Å². The predicted molar refractivity (Wildman–Crippen MR) is 131 cm³/mol. The highest BCUT2D eigenvalue weighted by atomic mass is 35.5. The van der Waals surface area contributed by atoms with Crippen LogP contribution in [0, 0.1) is 6.92 Å². The van der Waals surface area contributed by atoms with Crippen LogP contribution in [0.4, 0.5) is 5.69 Å². The Kier molecular flexibility index (Phi) is 6.38. The van der Waals surface area contributed by atoms with Crippen molar-refractivity contribution >= 4 is 45.8 Å². The summed E-state index contributed by atoms with van der Waals surface area (Å²) in [5.41, 5.74) is 1.58. The Hall–Kier alpha value is -4.10. The van der Waals surface area contributed by atoms with E-state index in [1.165, 1.54) is 23.8 Å². The number of fused-ring (bicyclic) bond motifs is 1. The van der Waals surface area contributed by atoms with Crippen LogP contribution >= 0.6 is 11.6 Å². The lowest BCUT2D eigenvalue weighted by Crippen LogP contribution is -2.25. The third-order valence-electron chi connectivity index (χ3n) is 5.26. The van der Waals surface area contributed by atoms with Crippen molar-refractivity contribution in [2.24, 2.45) is 0 Å². The minimum Gasteiger partial charge on any atom is -0.325 e. The number of hydrogen-bond donors (Lipinski definition) is 1. The Balaban J connectivity index is 1.75. The summed E-state index contributed by atoms with van der Waals surface area (Å²) in [5, 5.41) is 3.35. The molecule has 8 heteroatoms. The van der Waals surface area contributed by atoms with E-state index >= 15 is 0 Å². The maximum absolute atomic E-state index is 13.1. The molecule has 2 aromatic carbocycles. The lowest BCUT2D eigenvalue weighted by atomic mass is 10.0. The predicted octanol–water partition coefficient (Wildman–Crippen LogP) is 4.43.